The van der Waals surface area contributed by atoms with Crippen molar-refractivity contribution in [3.05, 3.63) is 77.2 Å². The van der Waals surface area contributed by atoms with E-state index in [1.807, 2.05) is 36.4 Å². The standard InChI is InChI=1S/C25H25N3O6/c1-2-15(11-23(29)30)27-24(31)21-14-34-28-22(21)12-26-25(32)33-13-20-18-9-5-3-7-16(18)17-8-4-6-10-19(17)20/h3-10,14-15,20H,2,11-13H2,1H3,(H,26,32)(H,27,31)(H,29,30). The Balaban J connectivity index is 1.34. The van der Waals surface area contributed by atoms with Crippen LogP contribution in [0.3, 0.4) is 0 Å². The smallest absolute Gasteiger partial charge is 0.407 e. The number of carboxylic acids is 1. The van der Waals surface area contributed by atoms with Crippen molar-refractivity contribution in [3.8, 4) is 11.1 Å². The molecular weight excluding hydrogens is 438 g/mol. The molecule has 1 heterocycles. The third kappa shape index (κ3) is 4.93. The Hall–Kier alpha value is -4.14. The first-order chi connectivity index (χ1) is 16.5. The van der Waals surface area contributed by atoms with Gasteiger partial charge in [-0.15, -0.1) is 0 Å². The number of ether oxygens (including phenoxy) is 1. The van der Waals surface area contributed by atoms with Gasteiger partial charge in [0.25, 0.3) is 5.91 Å². The third-order valence-electron chi connectivity index (χ3n) is 5.88. The molecule has 0 saturated carbocycles. The lowest BCUT2D eigenvalue weighted by atomic mass is 9.98. The van der Waals surface area contributed by atoms with Gasteiger partial charge in [0.1, 0.15) is 24.1 Å². The summed E-state index contributed by atoms with van der Waals surface area (Å²) in [6.07, 6.45) is 0.781. The van der Waals surface area contributed by atoms with Gasteiger partial charge in [0.15, 0.2) is 0 Å². The summed E-state index contributed by atoms with van der Waals surface area (Å²) in [6, 6.07) is 15.6. The zero-order chi connectivity index (χ0) is 24.1. The molecule has 34 heavy (non-hydrogen) atoms. The lowest BCUT2D eigenvalue weighted by molar-refractivity contribution is -0.137. The van der Waals surface area contributed by atoms with Crippen molar-refractivity contribution < 1.29 is 28.8 Å². The van der Waals surface area contributed by atoms with E-state index in [9.17, 15) is 14.4 Å². The van der Waals surface area contributed by atoms with Crippen molar-refractivity contribution in [1.82, 2.24) is 15.8 Å². The van der Waals surface area contributed by atoms with E-state index in [-0.39, 0.29) is 36.7 Å². The first kappa shape index (κ1) is 23.0. The van der Waals surface area contributed by atoms with Gasteiger partial charge in [0.2, 0.25) is 0 Å². The number of carboxylic acid groups (broad SMARTS) is 1. The fraction of sp³-hybridized carbons (Fsp3) is 0.280. The van der Waals surface area contributed by atoms with Crippen LogP contribution in [0.4, 0.5) is 4.79 Å². The van der Waals surface area contributed by atoms with E-state index in [0.29, 0.717) is 6.42 Å². The third-order valence-corrected chi connectivity index (χ3v) is 5.88. The minimum Gasteiger partial charge on any atom is -0.481 e. The summed E-state index contributed by atoms with van der Waals surface area (Å²) in [4.78, 5) is 35.8. The Labute approximate surface area is 196 Å². The average molecular weight is 463 g/mol. The van der Waals surface area contributed by atoms with Crippen LogP contribution >= 0.6 is 0 Å². The number of hydrogen-bond donors (Lipinski definition) is 3. The predicted octanol–water partition coefficient (Wildman–Crippen LogP) is 3.70. The summed E-state index contributed by atoms with van der Waals surface area (Å²) in [5.74, 6) is -1.58. The van der Waals surface area contributed by atoms with Gasteiger partial charge in [-0.2, -0.15) is 0 Å². The zero-order valence-corrected chi connectivity index (χ0v) is 18.6. The van der Waals surface area contributed by atoms with Gasteiger partial charge >= 0.3 is 12.1 Å². The fourth-order valence-electron chi connectivity index (χ4n) is 4.15. The van der Waals surface area contributed by atoms with Gasteiger partial charge < -0.3 is 25.0 Å². The number of aromatic nitrogens is 1. The highest BCUT2D eigenvalue weighted by molar-refractivity contribution is 5.95. The number of carbonyl (C=O) groups is 3. The highest BCUT2D eigenvalue weighted by Crippen LogP contribution is 2.44. The van der Waals surface area contributed by atoms with Crippen LogP contribution in [0.2, 0.25) is 0 Å². The second-order valence-electron chi connectivity index (χ2n) is 8.03. The van der Waals surface area contributed by atoms with Gasteiger partial charge in [-0.05, 0) is 28.7 Å². The molecule has 0 fully saturated rings. The molecule has 2 aromatic carbocycles. The van der Waals surface area contributed by atoms with Crippen LogP contribution < -0.4 is 10.6 Å². The van der Waals surface area contributed by atoms with Gasteiger partial charge in [-0.1, -0.05) is 60.6 Å². The summed E-state index contributed by atoms with van der Waals surface area (Å²) in [5.41, 5.74) is 4.84. The number of hydrogen-bond acceptors (Lipinski definition) is 6. The quantitative estimate of drug-likeness (QED) is 0.441. The van der Waals surface area contributed by atoms with Crippen molar-refractivity contribution in [2.45, 2.75) is 38.3 Å². The molecule has 0 aliphatic heterocycles. The lowest BCUT2D eigenvalue weighted by Crippen LogP contribution is -2.36. The number of nitrogens with one attached hydrogen (secondary N) is 2. The van der Waals surface area contributed by atoms with Gasteiger partial charge in [0.05, 0.1) is 13.0 Å². The highest BCUT2D eigenvalue weighted by Gasteiger charge is 2.29. The van der Waals surface area contributed by atoms with Gasteiger partial charge in [-0.25, -0.2) is 4.79 Å². The molecule has 4 rings (SSSR count). The van der Waals surface area contributed by atoms with E-state index >= 15 is 0 Å². The number of benzene rings is 2. The van der Waals surface area contributed by atoms with Crippen LogP contribution in [0, 0.1) is 0 Å². The number of carbonyl (C=O) groups excluding carboxylic acids is 2. The van der Waals surface area contributed by atoms with Crippen LogP contribution in [-0.2, 0) is 16.1 Å². The summed E-state index contributed by atoms with van der Waals surface area (Å²) in [7, 11) is 0. The Morgan fingerprint density at radius 3 is 2.35 bits per heavy atom. The molecule has 2 amide bonds. The fourth-order valence-corrected chi connectivity index (χ4v) is 4.15. The number of amides is 2. The van der Waals surface area contributed by atoms with Crippen molar-refractivity contribution in [2.24, 2.45) is 0 Å². The molecule has 1 atom stereocenters. The van der Waals surface area contributed by atoms with Crippen molar-refractivity contribution >= 4 is 18.0 Å². The molecule has 1 aliphatic carbocycles. The normalized spacial score (nSPS) is 13.0. The topological polar surface area (TPSA) is 131 Å². The Bertz CT molecular complexity index is 1160. The number of rotatable bonds is 9. The largest absolute Gasteiger partial charge is 0.481 e. The van der Waals surface area contributed by atoms with Crippen molar-refractivity contribution in [1.29, 1.82) is 0 Å². The maximum Gasteiger partial charge on any atom is 0.407 e. The minimum absolute atomic E-state index is 0.0632. The molecule has 9 nitrogen and oxygen atoms in total. The van der Waals surface area contributed by atoms with E-state index in [1.54, 1.807) is 6.92 Å². The Kier molecular flexibility index (Phi) is 6.91. The second kappa shape index (κ2) is 10.2. The molecule has 0 radical (unpaired) electrons. The van der Waals surface area contributed by atoms with E-state index in [4.69, 9.17) is 14.4 Å². The average Bonchev–Trinajstić information content (AvgIpc) is 3.43. The number of aliphatic carboxylic acids is 1. The lowest BCUT2D eigenvalue weighted by Gasteiger charge is -2.15. The molecule has 1 aliphatic rings. The molecular formula is C25H25N3O6. The van der Waals surface area contributed by atoms with Crippen molar-refractivity contribution in [2.75, 3.05) is 6.61 Å². The SMILES string of the molecule is CCC(CC(=O)O)NC(=O)c1conc1CNC(=O)OCC1c2ccccc2-c2ccccc21. The van der Waals surface area contributed by atoms with Gasteiger partial charge in [0, 0.05) is 12.0 Å². The van der Waals surface area contributed by atoms with Crippen LogP contribution in [0.15, 0.2) is 59.3 Å². The molecule has 1 unspecified atom stereocenters. The minimum atomic E-state index is -1.00. The maximum absolute atomic E-state index is 12.5. The van der Waals surface area contributed by atoms with Gasteiger partial charge in [-0.3, -0.25) is 9.59 Å². The number of nitrogens with zero attached hydrogens (tertiary/aromatic N) is 1. The Morgan fingerprint density at radius 1 is 1.09 bits per heavy atom. The first-order valence-electron chi connectivity index (χ1n) is 11.0. The van der Waals surface area contributed by atoms with E-state index in [0.717, 1.165) is 28.5 Å². The molecule has 3 aromatic rings. The summed E-state index contributed by atoms with van der Waals surface area (Å²) in [5, 5.41) is 18.0. The maximum atomic E-state index is 12.5. The first-order valence-corrected chi connectivity index (χ1v) is 11.0. The van der Waals surface area contributed by atoms with Crippen LogP contribution in [0.1, 0.15) is 52.9 Å². The second-order valence-corrected chi connectivity index (χ2v) is 8.03. The molecule has 0 bridgehead atoms. The molecule has 0 spiro atoms. The predicted molar refractivity (Wildman–Crippen MR) is 122 cm³/mol. The van der Waals surface area contributed by atoms with E-state index < -0.39 is 24.0 Å². The van der Waals surface area contributed by atoms with E-state index in [2.05, 4.69) is 27.9 Å². The molecule has 3 N–H and O–H groups in total. The number of fused-ring (bicyclic) bond motifs is 3. The molecule has 9 heteroatoms. The van der Waals surface area contributed by atoms with Crippen LogP contribution in [0.25, 0.3) is 11.1 Å². The molecule has 0 saturated heterocycles. The molecule has 176 valence electrons. The van der Waals surface area contributed by atoms with Crippen LogP contribution in [-0.4, -0.2) is 40.9 Å². The van der Waals surface area contributed by atoms with Crippen molar-refractivity contribution in [3.63, 3.8) is 0 Å². The summed E-state index contributed by atoms with van der Waals surface area (Å²) < 4.78 is 10.4. The Morgan fingerprint density at radius 2 is 1.74 bits per heavy atom. The molecule has 1 aromatic heterocycles. The summed E-state index contributed by atoms with van der Waals surface area (Å²) >= 11 is 0. The highest BCUT2D eigenvalue weighted by atomic mass is 16.5. The van der Waals surface area contributed by atoms with E-state index in [1.165, 1.54) is 0 Å². The van der Waals surface area contributed by atoms with Crippen LogP contribution in [0.5, 0.6) is 0 Å². The zero-order valence-electron chi connectivity index (χ0n) is 18.6. The summed E-state index contributed by atoms with van der Waals surface area (Å²) in [6.45, 7) is 1.87. The monoisotopic (exact) mass is 463 g/mol. The number of alkyl carbamates (subject to hydrolysis) is 1.